The maximum atomic E-state index is 12.4. The van der Waals surface area contributed by atoms with E-state index in [2.05, 4.69) is 24.2 Å². The van der Waals surface area contributed by atoms with E-state index in [1.165, 1.54) is 0 Å². The summed E-state index contributed by atoms with van der Waals surface area (Å²) in [5.41, 5.74) is 1.22. The van der Waals surface area contributed by atoms with Crippen molar-refractivity contribution < 1.29 is 14.3 Å². The molecule has 4 rings (SSSR count). The Hall–Kier alpha value is -2.21. The zero-order chi connectivity index (χ0) is 16.7. The molecule has 2 fully saturated rings. The second-order valence-electron chi connectivity index (χ2n) is 7.18. The van der Waals surface area contributed by atoms with Crippen molar-refractivity contribution in [2.75, 3.05) is 6.61 Å². The molecular weight excluding hydrogens is 306 g/mol. The van der Waals surface area contributed by atoms with E-state index in [4.69, 9.17) is 9.47 Å². The third kappa shape index (κ3) is 2.51. The van der Waals surface area contributed by atoms with E-state index >= 15 is 0 Å². The normalized spacial score (nSPS) is 27.3. The fourth-order valence-corrected chi connectivity index (χ4v) is 3.93. The van der Waals surface area contributed by atoms with Gasteiger partial charge in [0.1, 0.15) is 6.10 Å². The lowest BCUT2D eigenvalue weighted by atomic mass is 9.59. The number of esters is 1. The number of rotatable bonds is 4. The van der Waals surface area contributed by atoms with Gasteiger partial charge in [0.05, 0.1) is 18.8 Å². The molecule has 0 amide bonds. The molecule has 0 bridgehead atoms. The first-order chi connectivity index (χ1) is 11.6. The summed E-state index contributed by atoms with van der Waals surface area (Å²) in [6.07, 6.45) is 2.68. The number of hydrogen-bond donors (Lipinski definition) is 0. The third-order valence-corrected chi connectivity index (χ3v) is 5.16. The summed E-state index contributed by atoms with van der Waals surface area (Å²) >= 11 is 0. The van der Waals surface area contributed by atoms with Gasteiger partial charge in [0.15, 0.2) is 5.69 Å². The molecule has 1 saturated carbocycles. The summed E-state index contributed by atoms with van der Waals surface area (Å²) in [5, 5.41) is 7.99. The lowest BCUT2D eigenvalue weighted by Gasteiger charge is -2.52. The quantitative estimate of drug-likeness (QED) is 0.806. The second-order valence-corrected chi connectivity index (χ2v) is 7.18. The van der Waals surface area contributed by atoms with E-state index in [1.54, 1.807) is 10.9 Å². The van der Waals surface area contributed by atoms with Crippen LogP contribution in [-0.2, 0) is 16.0 Å². The number of carbonyl (C=O) groups excluding carboxylic acids is 1. The fraction of sp³-hybridized carbons (Fsp3) is 0.500. The lowest BCUT2D eigenvalue weighted by molar-refractivity contribution is -0.183. The van der Waals surface area contributed by atoms with E-state index in [9.17, 15) is 4.79 Å². The standard InChI is InChI=1S/C18H21N3O3/c1-18(2)15-13(8-9-23-15)16(18)24-17(22)14-11-21(20-19-14)10-12-6-4-3-5-7-12/h3-7,11,13,15-16H,8-10H2,1-2H3/t13-,15+,16-/m0/s1. The van der Waals surface area contributed by atoms with Gasteiger partial charge >= 0.3 is 5.97 Å². The van der Waals surface area contributed by atoms with Crippen LogP contribution in [0.15, 0.2) is 36.5 Å². The van der Waals surface area contributed by atoms with Crippen LogP contribution in [0.1, 0.15) is 36.3 Å². The van der Waals surface area contributed by atoms with Crippen LogP contribution in [0.2, 0.25) is 0 Å². The van der Waals surface area contributed by atoms with Crippen LogP contribution < -0.4 is 0 Å². The molecule has 126 valence electrons. The molecule has 1 saturated heterocycles. The van der Waals surface area contributed by atoms with Crippen LogP contribution in [0.5, 0.6) is 0 Å². The third-order valence-electron chi connectivity index (χ3n) is 5.16. The highest BCUT2D eigenvalue weighted by atomic mass is 16.6. The van der Waals surface area contributed by atoms with Crippen molar-refractivity contribution in [3.63, 3.8) is 0 Å². The van der Waals surface area contributed by atoms with Gasteiger partial charge in [0.25, 0.3) is 0 Å². The van der Waals surface area contributed by atoms with Crippen LogP contribution in [0.3, 0.4) is 0 Å². The molecule has 1 aliphatic carbocycles. The Bertz CT molecular complexity index is 741. The molecule has 6 heteroatoms. The summed E-state index contributed by atoms with van der Waals surface area (Å²) in [6.45, 7) is 5.50. The van der Waals surface area contributed by atoms with Crippen LogP contribution in [-0.4, -0.2) is 39.8 Å². The second kappa shape index (κ2) is 5.70. The van der Waals surface area contributed by atoms with Crippen molar-refractivity contribution in [1.82, 2.24) is 15.0 Å². The molecule has 6 nitrogen and oxygen atoms in total. The molecular formula is C18H21N3O3. The van der Waals surface area contributed by atoms with Gasteiger partial charge in [-0.1, -0.05) is 49.4 Å². The Morgan fingerprint density at radius 2 is 2.17 bits per heavy atom. The minimum Gasteiger partial charge on any atom is -0.456 e. The highest BCUT2D eigenvalue weighted by Crippen LogP contribution is 2.53. The minimum atomic E-state index is -0.405. The molecule has 1 aromatic heterocycles. The first-order valence-corrected chi connectivity index (χ1v) is 8.32. The topological polar surface area (TPSA) is 66.2 Å². The number of fused-ring (bicyclic) bond motifs is 1. The summed E-state index contributed by atoms with van der Waals surface area (Å²) in [5.74, 6) is -0.0962. The highest BCUT2D eigenvalue weighted by Gasteiger charge is 2.61. The molecule has 0 unspecified atom stereocenters. The number of aromatic nitrogens is 3. The fourth-order valence-electron chi connectivity index (χ4n) is 3.93. The number of hydrogen-bond acceptors (Lipinski definition) is 5. The Morgan fingerprint density at radius 3 is 2.96 bits per heavy atom. The average Bonchev–Trinajstić information content (AvgIpc) is 3.21. The van der Waals surface area contributed by atoms with E-state index in [0.717, 1.165) is 18.6 Å². The number of nitrogens with zero attached hydrogens (tertiary/aromatic N) is 3. The van der Waals surface area contributed by atoms with Crippen LogP contribution in [0.4, 0.5) is 0 Å². The summed E-state index contributed by atoms with van der Waals surface area (Å²) in [4.78, 5) is 12.4. The Labute approximate surface area is 140 Å². The summed E-state index contributed by atoms with van der Waals surface area (Å²) in [7, 11) is 0. The predicted molar refractivity (Wildman–Crippen MR) is 86.4 cm³/mol. The number of benzene rings is 1. The van der Waals surface area contributed by atoms with Crippen molar-refractivity contribution in [3.05, 3.63) is 47.8 Å². The van der Waals surface area contributed by atoms with Crippen molar-refractivity contribution in [3.8, 4) is 0 Å². The van der Waals surface area contributed by atoms with Gasteiger partial charge < -0.3 is 9.47 Å². The average molecular weight is 327 g/mol. The summed E-state index contributed by atoms with van der Waals surface area (Å²) in [6, 6.07) is 9.93. The first kappa shape index (κ1) is 15.3. The zero-order valence-electron chi connectivity index (χ0n) is 13.9. The predicted octanol–water partition coefficient (Wildman–Crippen LogP) is 2.30. The molecule has 2 heterocycles. The molecule has 24 heavy (non-hydrogen) atoms. The summed E-state index contributed by atoms with van der Waals surface area (Å²) < 4.78 is 13.1. The molecule has 3 atom stereocenters. The van der Waals surface area contributed by atoms with Crippen LogP contribution in [0.25, 0.3) is 0 Å². The monoisotopic (exact) mass is 327 g/mol. The van der Waals surface area contributed by atoms with E-state index in [0.29, 0.717) is 12.5 Å². The molecule has 0 N–H and O–H groups in total. The molecule has 0 radical (unpaired) electrons. The van der Waals surface area contributed by atoms with E-state index in [1.807, 2.05) is 30.3 Å². The van der Waals surface area contributed by atoms with Gasteiger partial charge in [-0.2, -0.15) is 0 Å². The van der Waals surface area contributed by atoms with Gasteiger partial charge in [-0.3, -0.25) is 0 Å². The van der Waals surface area contributed by atoms with Crippen molar-refractivity contribution in [2.24, 2.45) is 11.3 Å². The Morgan fingerprint density at radius 1 is 1.38 bits per heavy atom. The maximum absolute atomic E-state index is 12.4. The van der Waals surface area contributed by atoms with Gasteiger partial charge in [-0.15, -0.1) is 5.10 Å². The van der Waals surface area contributed by atoms with Crippen LogP contribution in [0, 0.1) is 11.3 Å². The van der Waals surface area contributed by atoms with Gasteiger partial charge in [-0.05, 0) is 12.0 Å². The van der Waals surface area contributed by atoms with Gasteiger partial charge in [-0.25, -0.2) is 9.48 Å². The minimum absolute atomic E-state index is 0.114. The zero-order valence-corrected chi connectivity index (χ0v) is 13.9. The molecule has 0 spiro atoms. The molecule has 2 aromatic rings. The van der Waals surface area contributed by atoms with Crippen molar-refractivity contribution in [2.45, 2.75) is 39.0 Å². The Kier molecular flexibility index (Phi) is 3.64. The lowest BCUT2D eigenvalue weighted by Crippen LogP contribution is -2.61. The Balaban J connectivity index is 1.42. The first-order valence-electron chi connectivity index (χ1n) is 8.32. The molecule has 1 aliphatic heterocycles. The molecule has 1 aromatic carbocycles. The van der Waals surface area contributed by atoms with Crippen molar-refractivity contribution in [1.29, 1.82) is 0 Å². The maximum Gasteiger partial charge on any atom is 0.360 e. The smallest absolute Gasteiger partial charge is 0.360 e. The SMILES string of the molecule is CC1(C)[C@@H]2OCC[C@@H]2[C@@H]1OC(=O)c1cn(Cc2ccccc2)nn1. The van der Waals surface area contributed by atoms with E-state index in [-0.39, 0.29) is 23.3 Å². The number of ether oxygens (including phenoxy) is 2. The largest absolute Gasteiger partial charge is 0.456 e. The van der Waals surface area contributed by atoms with Crippen molar-refractivity contribution >= 4 is 5.97 Å². The van der Waals surface area contributed by atoms with Gasteiger partial charge in [0.2, 0.25) is 0 Å². The number of carbonyl (C=O) groups is 1. The molecule has 2 aliphatic rings. The van der Waals surface area contributed by atoms with E-state index < -0.39 is 5.97 Å². The highest BCUT2D eigenvalue weighted by molar-refractivity contribution is 5.87. The van der Waals surface area contributed by atoms with Crippen LogP contribution >= 0.6 is 0 Å². The van der Waals surface area contributed by atoms with Gasteiger partial charge in [0, 0.05) is 17.9 Å².